The molecule has 0 spiro atoms. The summed E-state index contributed by atoms with van der Waals surface area (Å²) in [6.45, 7) is 4.15. The minimum Gasteiger partial charge on any atom is -0.384 e. The van der Waals surface area contributed by atoms with E-state index in [-0.39, 0.29) is 0 Å². The van der Waals surface area contributed by atoms with E-state index in [1.165, 1.54) is 24.0 Å². The van der Waals surface area contributed by atoms with Gasteiger partial charge in [0.2, 0.25) is 0 Å². The fourth-order valence-corrected chi connectivity index (χ4v) is 3.00. The highest BCUT2D eigenvalue weighted by Crippen LogP contribution is 2.39. The topological polar surface area (TPSA) is 63.8 Å². The van der Waals surface area contributed by atoms with E-state index in [2.05, 4.69) is 57.2 Å². The molecule has 0 amide bonds. The van der Waals surface area contributed by atoms with Crippen LogP contribution >= 0.6 is 15.9 Å². The Morgan fingerprint density at radius 2 is 1.80 bits per heavy atom. The maximum absolute atomic E-state index is 5.88. The van der Waals surface area contributed by atoms with Crippen LogP contribution in [0.4, 0.5) is 17.3 Å². The van der Waals surface area contributed by atoms with E-state index in [4.69, 9.17) is 5.73 Å². The second-order valence-corrected chi connectivity index (χ2v) is 6.27. The van der Waals surface area contributed by atoms with Crippen LogP contribution < -0.4 is 11.1 Å². The van der Waals surface area contributed by atoms with Crippen LogP contribution in [0, 0.1) is 13.8 Å². The lowest BCUT2D eigenvalue weighted by Gasteiger charge is -2.13. The molecule has 0 saturated heterocycles. The number of nitrogens with two attached hydrogens (primary N) is 1. The second-order valence-electron chi connectivity index (χ2n) is 5.35. The van der Waals surface area contributed by atoms with Gasteiger partial charge in [0.05, 0.1) is 0 Å². The average molecular weight is 333 g/mol. The SMILES string of the molecule is Cc1cc(Br)cc(C)c1Nc1cc(N)nc(C2CC2)n1. The third-order valence-electron chi connectivity index (χ3n) is 3.46. The molecule has 1 aromatic heterocycles. The minimum atomic E-state index is 0.492. The number of hydrogen-bond donors (Lipinski definition) is 2. The summed E-state index contributed by atoms with van der Waals surface area (Å²) in [6, 6.07) is 5.95. The molecule has 1 aliphatic carbocycles. The van der Waals surface area contributed by atoms with E-state index in [0.29, 0.717) is 11.7 Å². The number of nitrogens with one attached hydrogen (secondary N) is 1. The van der Waals surface area contributed by atoms with E-state index in [1.807, 2.05) is 0 Å². The second kappa shape index (κ2) is 5.05. The monoisotopic (exact) mass is 332 g/mol. The maximum Gasteiger partial charge on any atom is 0.136 e. The van der Waals surface area contributed by atoms with Crippen LogP contribution in [0.25, 0.3) is 0 Å². The molecule has 1 aliphatic rings. The van der Waals surface area contributed by atoms with Gasteiger partial charge in [-0.1, -0.05) is 15.9 Å². The number of rotatable bonds is 3. The summed E-state index contributed by atoms with van der Waals surface area (Å²) in [5.74, 6) is 2.65. The first-order valence-electron chi connectivity index (χ1n) is 6.71. The molecular formula is C15H17BrN4. The number of anilines is 3. The van der Waals surface area contributed by atoms with Gasteiger partial charge < -0.3 is 11.1 Å². The van der Waals surface area contributed by atoms with Gasteiger partial charge in [0.25, 0.3) is 0 Å². The fraction of sp³-hybridized carbons (Fsp3) is 0.333. The van der Waals surface area contributed by atoms with Gasteiger partial charge in [0.15, 0.2) is 0 Å². The molecule has 0 bridgehead atoms. The van der Waals surface area contributed by atoms with Crippen LogP contribution in [0.2, 0.25) is 0 Å². The van der Waals surface area contributed by atoms with Crippen molar-refractivity contribution in [1.82, 2.24) is 9.97 Å². The molecule has 1 fully saturated rings. The zero-order chi connectivity index (χ0) is 14.3. The Kier molecular flexibility index (Phi) is 3.38. The molecule has 0 radical (unpaired) electrons. The van der Waals surface area contributed by atoms with Crippen molar-refractivity contribution >= 4 is 33.3 Å². The molecule has 104 valence electrons. The molecule has 2 aromatic rings. The number of nitrogen functional groups attached to an aromatic ring is 1. The molecule has 20 heavy (non-hydrogen) atoms. The van der Waals surface area contributed by atoms with E-state index >= 15 is 0 Å². The number of aromatic nitrogens is 2. The summed E-state index contributed by atoms with van der Waals surface area (Å²) in [5, 5.41) is 3.38. The average Bonchev–Trinajstić information content (AvgIpc) is 3.17. The van der Waals surface area contributed by atoms with Gasteiger partial charge >= 0.3 is 0 Å². The highest BCUT2D eigenvalue weighted by atomic mass is 79.9. The molecule has 1 saturated carbocycles. The summed E-state index contributed by atoms with van der Waals surface area (Å²) in [5.41, 5.74) is 9.29. The van der Waals surface area contributed by atoms with Crippen molar-refractivity contribution in [3.63, 3.8) is 0 Å². The minimum absolute atomic E-state index is 0.492. The lowest BCUT2D eigenvalue weighted by atomic mass is 10.1. The van der Waals surface area contributed by atoms with Gasteiger partial charge in [0.1, 0.15) is 17.5 Å². The van der Waals surface area contributed by atoms with Crippen molar-refractivity contribution in [3.05, 3.63) is 39.6 Å². The summed E-state index contributed by atoms with van der Waals surface area (Å²) in [6.07, 6.45) is 2.33. The zero-order valence-electron chi connectivity index (χ0n) is 11.6. The summed E-state index contributed by atoms with van der Waals surface area (Å²) < 4.78 is 1.08. The standard InChI is InChI=1S/C15H17BrN4/c1-8-5-11(16)6-9(2)14(8)19-13-7-12(17)18-15(20-13)10-3-4-10/h5-7,10H,3-4H2,1-2H3,(H3,17,18,19,20). The van der Waals surface area contributed by atoms with Crippen LogP contribution in [-0.2, 0) is 0 Å². The molecule has 0 atom stereocenters. The Morgan fingerprint density at radius 1 is 1.15 bits per heavy atom. The smallest absolute Gasteiger partial charge is 0.136 e. The Bertz CT molecular complexity index is 642. The van der Waals surface area contributed by atoms with Gasteiger partial charge in [-0.2, -0.15) is 0 Å². The van der Waals surface area contributed by atoms with Gasteiger partial charge in [-0.15, -0.1) is 0 Å². The predicted octanol–water partition coefficient (Wildman–Crippen LogP) is 4.06. The third kappa shape index (κ3) is 2.77. The molecule has 1 aromatic carbocycles. The highest BCUT2D eigenvalue weighted by molar-refractivity contribution is 9.10. The normalized spacial score (nSPS) is 14.3. The maximum atomic E-state index is 5.88. The molecule has 5 heteroatoms. The first-order chi connectivity index (χ1) is 9.52. The van der Waals surface area contributed by atoms with Crippen molar-refractivity contribution in [2.45, 2.75) is 32.6 Å². The fourth-order valence-electron chi connectivity index (χ4n) is 2.31. The van der Waals surface area contributed by atoms with E-state index in [9.17, 15) is 0 Å². The van der Waals surface area contributed by atoms with Crippen LogP contribution in [0.3, 0.4) is 0 Å². The summed E-state index contributed by atoms with van der Waals surface area (Å²) in [7, 11) is 0. The quantitative estimate of drug-likeness (QED) is 0.889. The molecule has 4 nitrogen and oxygen atoms in total. The Labute approximate surface area is 127 Å². The van der Waals surface area contributed by atoms with Crippen molar-refractivity contribution in [3.8, 4) is 0 Å². The largest absolute Gasteiger partial charge is 0.384 e. The summed E-state index contributed by atoms with van der Waals surface area (Å²) in [4.78, 5) is 8.90. The number of aryl methyl sites for hydroxylation is 2. The van der Waals surface area contributed by atoms with Gasteiger partial charge in [-0.05, 0) is 49.9 Å². The number of halogens is 1. The Morgan fingerprint density at radius 3 is 2.40 bits per heavy atom. The van der Waals surface area contributed by atoms with E-state index in [1.54, 1.807) is 6.07 Å². The molecule has 1 heterocycles. The Balaban J connectivity index is 1.95. The number of nitrogens with zero attached hydrogens (tertiary/aromatic N) is 2. The lowest BCUT2D eigenvalue weighted by molar-refractivity contribution is 0.935. The predicted molar refractivity (Wildman–Crippen MR) is 85.3 cm³/mol. The third-order valence-corrected chi connectivity index (χ3v) is 3.91. The first kappa shape index (κ1) is 13.4. The molecule has 3 N–H and O–H groups in total. The summed E-state index contributed by atoms with van der Waals surface area (Å²) >= 11 is 3.51. The van der Waals surface area contributed by atoms with Gasteiger partial charge in [0, 0.05) is 22.1 Å². The van der Waals surface area contributed by atoms with Crippen molar-refractivity contribution in [1.29, 1.82) is 0 Å². The highest BCUT2D eigenvalue weighted by Gasteiger charge is 2.27. The molecule has 0 aliphatic heterocycles. The van der Waals surface area contributed by atoms with Crippen LogP contribution in [0.1, 0.15) is 35.7 Å². The number of hydrogen-bond acceptors (Lipinski definition) is 4. The lowest BCUT2D eigenvalue weighted by Crippen LogP contribution is -2.04. The van der Waals surface area contributed by atoms with Crippen LogP contribution in [0.5, 0.6) is 0 Å². The first-order valence-corrected chi connectivity index (χ1v) is 7.50. The number of benzene rings is 1. The van der Waals surface area contributed by atoms with Crippen LogP contribution in [-0.4, -0.2) is 9.97 Å². The van der Waals surface area contributed by atoms with Crippen molar-refractivity contribution < 1.29 is 0 Å². The van der Waals surface area contributed by atoms with Gasteiger partial charge in [-0.25, -0.2) is 9.97 Å². The molecule has 3 rings (SSSR count). The van der Waals surface area contributed by atoms with Gasteiger partial charge in [-0.3, -0.25) is 0 Å². The molecule has 0 unspecified atom stereocenters. The zero-order valence-corrected chi connectivity index (χ0v) is 13.2. The van der Waals surface area contributed by atoms with E-state index in [0.717, 1.165) is 21.8 Å². The van der Waals surface area contributed by atoms with Crippen LogP contribution in [0.15, 0.2) is 22.7 Å². The van der Waals surface area contributed by atoms with Crippen molar-refractivity contribution in [2.75, 3.05) is 11.1 Å². The van der Waals surface area contributed by atoms with E-state index < -0.39 is 0 Å². The molecular weight excluding hydrogens is 316 g/mol. The Hall–Kier alpha value is -1.62. The van der Waals surface area contributed by atoms with Crippen molar-refractivity contribution in [2.24, 2.45) is 0 Å².